The summed E-state index contributed by atoms with van der Waals surface area (Å²) in [6.07, 6.45) is -2.92. The van der Waals surface area contributed by atoms with Crippen molar-refractivity contribution in [1.82, 2.24) is 14.8 Å². The van der Waals surface area contributed by atoms with Gasteiger partial charge in [0.1, 0.15) is 6.04 Å². The van der Waals surface area contributed by atoms with Crippen molar-refractivity contribution < 1.29 is 27.6 Å². The number of halogens is 3. The minimum Gasteiger partial charge on any atom is -0.351 e. The van der Waals surface area contributed by atoms with Gasteiger partial charge in [-0.05, 0) is 30.2 Å². The van der Waals surface area contributed by atoms with E-state index < -0.39 is 41.8 Å². The van der Waals surface area contributed by atoms with Crippen LogP contribution in [0, 0.1) is 0 Å². The normalized spacial score (nSPS) is 18.0. The molecule has 0 radical (unpaired) electrons. The lowest BCUT2D eigenvalue weighted by Gasteiger charge is -2.24. The Bertz CT molecular complexity index is 1290. The number of carbonyl (C=O) groups is 3. The smallest absolute Gasteiger partial charge is 0.351 e. The number of rotatable bonds is 4. The van der Waals surface area contributed by atoms with E-state index in [0.29, 0.717) is 16.6 Å². The number of alkyl halides is 3. The average molecular weight is 488 g/mol. The van der Waals surface area contributed by atoms with Gasteiger partial charge < -0.3 is 27.0 Å². The van der Waals surface area contributed by atoms with Gasteiger partial charge in [-0.3, -0.25) is 9.36 Å². The number of anilines is 1. The number of benzene rings is 2. The monoisotopic (exact) mass is 488 g/mol. The summed E-state index contributed by atoms with van der Waals surface area (Å²) in [6, 6.07) is 8.76. The van der Waals surface area contributed by atoms with Crippen molar-refractivity contribution in [3.8, 4) is 0 Å². The molecule has 0 bridgehead atoms. The molecule has 1 aromatic heterocycles. The maximum atomic E-state index is 13.1. The molecule has 0 aliphatic carbocycles. The molecule has 2 heterocycles. The van der Waals surface area contributed by atoms with Crippen molar-refractivity contribution in [2.24, 2.45) is 11.5 Å². The number of nitrogens with one attached hydrogen (secondary N) is 2. The van der Waals surface area contributed by atoms with Crippen LogP contribution in [0.3, 0.4) is 0 Å². The number of amides is 4. The Morgan fingerprint density at radius 2 is 1.83 bits per heavy atom. The summed E-state index contributed by atoms with van der Waals surface area (Å²) >= 11 is 0. The molecule has 3 aromatic rings. The second kappa shape index (κ2) is 9.29. The van der Waals surface area contributed by atoms with E-state index in [4.69, 9.17) is 11.5 Å². The molecule has 35 heavy (non-hydrogen) atoms. The number of likely N-dealkylation sites (tertiary alicyclic amines) is 1. The number of hydrogen-bond acceptors (Lipinski definition) is 4. The van der Waals surface area contributed by atoms with Gasteiger partial charge in [-0.2, -0.15) is 13.2 Å². The van der Waals surface area contributed by atoms with E-state index >= 15 is 0 Å². The van der Waals surface area contributed by atoms with E-state index in [1.54, 1.807) is 24.3 Å². The van der Waals surface area contributed by atoms with E-state index in [0.717, 1.165) is 12.1 Å². The molecule has 184 valence electrons. The molecule has 1 fully saturated rings. The summed E-state index contributed by atoms with van der Waals surface area (Å²) in [5.41, 5.74) is 11.7. The zero-order valence-corrected chi connectivity index (χ0v) is 18.4. The van der Waals surface area contributed by atoms with Crippen LogP contribution in [0.4, 0.5) is 28.4 Å². The molecule has 9 nitrogen and oxygen atoms in total. The molecule has 0 saturated carbocycles. The molecule has 2 atom stereocenters. The van der Waals surface area contributed by atoms with Crippen molar-refractivity contribution in [1.29, 1.82) is 0 Å². The molecular weight excluding hydrogens is 465 g/mol. The van der Waals surface area contributed by atoms with Gasteiger partial charge in [-0.15, -0.1) is 0 Å². The Hall–Kier alpha value is -4.06. The van der Waals surface area contributed by atoms with Crippen LogP contribution in [0.25, 0.3) is 10.9 Å². The van der Waals surface area contributed by atoms with Gasteiger partial charge in [0.25, 0.3) is 0 Å². The van der Waals surface area contributed by atoms with Crippen LogP contribution in [0.15, 0.2) is 54.7 Å². The van der Waals surface area contributed by atoms with Crippen molar-refractivity contribution in [2.75, 3.05) is 11.9 Å². The first kappa shape index (κ1) is 24.1. The van der Waals surface area contributed by atoms with Crippen molar-refractivity contribution in [3.05, 3.63) is 65.9 Å². The maximum absolute atomic E-state index is 13.1. The molecule has 1 saturated heterocycles. The molecule has 4 rings (SSSR count). The molecule has 1 aliphatic heterocycles. The van der Waals surface area contributed by atoms with Crippen molar-refractivity contribution >= 4 is 34.6 Å². The molecule has 4 amide bonds. The fourth-order valence-corrected chi connectivity index (χ4v) is 4.15. The number of carbonyl (C=O) groups excluding carboxylic acids is 3. The van der Waals surface area contributed by atoms with Crippen molar-refractivity contribution in [3.63, 3.8) is 0 Å². The zero-order chi connectivity index (χ0) is 25.3. The number of nitrogens with zero attached hydrogens (tertiary/aromatic N) is 2. The van der Waals surface area contributed by atoms with E-state index in [1.165, 1.54) is 27.8 Å². The Morgan fingerprint density at radius 1 is 1.09 bits per heavy atom. The summed E-state index contributed by atoms with van der Waals surface area (Å²) in [5, 5.41) is 5.87. The van der Waals surface area contributed by atoms with Crippen LogP contribution in [0.2, 0.25) is 0 Å². The Morgan fingerprint density at radius 3 is 2.54 bits per heavy atom. The number of urea groups is 1. The second-order valence-electron chi connectivity index (χ2n) is 8.28. The van der Waals surface area contributed by atoms with E-state index in [9.17, 15) is 27.6 Å². The Kier molecular flexibility index (Phi) is 6.39. The predicted molar refractivity (Wildman–Crippen MR) is 122 cm³/mol. The van der Waals surface area contributed by atoms with E-state index in [-0.39, 0.29) is 25.1 Å². The van der Waals surface area contributed by atoms with Gasteiger partial charge in [0, 0.05) is 30.7 Å². The van der Waals surface area contributed by atoms with Crippen LogP contribution in [0.5, 0.6) is 0 Å². The summed E-state index contributed by atoms with van der Waals surface area (Å²) in [7, 11) is 0. The first-order valence-corrected chi connectivity index (χ1v) is 10.7. The summed E-state index contributed by atoms with van der Waals surface area (Å²) < 4.78 is 40.0. The molecule has 6 N–H and O–H groups in total. The number of nitrogens with two attached hydrogens (primary N) is 2. The minimum absolute atomic E-state index is 0.0991. The van der Waals surface area contributed by atoms with Crippen molar-refractivity contribution in [2.45, 2.75) is 31.2 Å². The maximum Gasteiger partial charge on any atom is 0.416 e. The highest BCUT2D eigenvalue weighted by molar-refractivity contribution is 6.05. The van der Waals surface area contributed by atoms with E-state index in [2.05, 4.69) is 10.6 Å². The highest BCUT2D eigenvalue weighted by Crippen LogP contribution is 2.30. The lowest BCUT2D eigenvalue weighted by atomic mass is 10.1. The summed E-state index contributed by atoms with van der Waals surface area (Å²) in [5.74, 6) is -0.537. The number of primary amides is 1. The highest BCUT2D eigenvalue weighted by Gasteiger charge is 2.38. The fraction of sp³-hybridized carbons (Fsp3) is 0.261. The van der Waals surface area contributed by atoms with Crippen LogP contribution in [-0.4, -0.2) is 46.1 Å². The Labute approximate surface area is 197 Å². The second-order valence-corrected chi connectivity index (χ2v) is 8.28. The van der Waals surface area contributed by atoms with Crippen LogP contribution in [0.1, 0.15) is 17.5 Å². The number of aromatic nitrogens is 1. The van der Waals surface area contributed by atoms with Crippen LogP contribution in [-0.2, 0) is 17.5 Å². The third-order valence-electron chi connectivity index (χ3n) is 5.81. The number of fused-ring (bicyclic) bond motifs is 1. The third-order valence-corrected chi connectivity index (χ3v) is 5.81. The topological polar surface area (TPSA) is 135 Å². The molecule has 0 spiro atoms. The quantitative estimate of drug-likeness (QED) is 0.449. The summed E-state index contributed by atoms with van der Waals surface area (Å²) in [6.45, 7) is -0.0437. The van der Waals surface area contributed by atoms with Crippen LogP contribution >= 0.6 is 0 Å². The van der Waals surface area contributed by atoms with Gasteiger partial charge >= 0.3 is 18.2 Å². The van der Waals surface area contributed by atoms with Gasteiger partial charge in [0.2, 0.25) is 5.91 Å². The van der Waals surface area contributed by atoms with Gasteiger partial charge in [-0.1, -0.05) is 30.3 Å². The first-order chi connectivity index (χ1) is 16.5. The van der Waals surface area contributed by atoms with E-state index in [1.807, 2.05) is 0 Å². The average Bonchev–Trinajstić information content (AvgIpc) is 3.38. The van der Waals surface area contributed by atoms with Gasteiger partial charge in [-0.25, -0.2) is 9.59 Å². The largest absolute Gasteiger partial charge is 0.416 e. The number of hydrogen-bond donors (Lipinski definition) is 4. The lowest BCUT2D eigenvalue weighted by molar-refractivity contribution is -0.137. The SMILES string of the molecule is NC(=O)n1cc(NC(=O)N2C[C@@H](N)C[C@H]2C(=O)NCc2cccc(C(F)(F)F)c2)c2ccccc21. The molecule has 12 heteroatoms. The number of para-hydroxylation sites is 1. The molecular formula is C23H23F3N6O3. The van der Waals surface area contributed by atoms with Crippen LogP contribution < -0.4 is 22.1 Å². The van der Waals surface area contributed by atoms with Gasteiger partial charge in [0.05, 0.1) is 16.8 Å². The minimum atomic E-state index is -4.50. The predicted octanol–water partition coefficient (Wildman–Crippen LogP) is 2.84. The molecule has 2 aromatic carbocycles. The standard InChI is InChI=1S/C23H23F3N6O3/c24-23(25,26)14-5-3-4-13(8-14)10-29-20(33)19-9-15(27)11-32(19)22(35)30-17-12-31(21(28)34)18-7-2-1-6-16(17)18/h1-8,12,15,19H,9-11,27H2,(H2,28,34)(H,29,33)(H,30,35)/t15-,19-/m0/s1. The molecule has 0 unspecified atom stereocenters. The highest BCUT2D eigenvalue weighted by atomic mass is 19.4. The summed E-state index contributed by atoms with van der Waals surface area (Å²) in [4.78, 5) is 38.9. The third kappa shape index (κ3) is 5.06. The van der Waals surface area contributed by atoms with Gasteiger partial charge in [0.15, 0.2) is 0 Å². The molecule has 1 aliphatic rings. The fourth-order valence-electron chi connectivity index (χ4n) is 4.15. The lowest BCUT2D eigenvalue weighted by Crippen LogP contribution is -2.47. The Balaban J connectivity index is 1.47. The first-order valence-electron chi connectivity index (χ1n) is 10.7. The zero-order valence-electron chi connectivity index (χ0n) is 18.4.